The molecule has 0 aliphatic heterocycles. The van der Waals surface area contributed by atoms with Crippen LogP contribution in [0, 0.1) is 0 Å². The number of hydrogen-bond donors (Lipinski definition) is 2. The zero-order chi connectivity index (χ0) is 15.6. The van der Waals surface area contributed by atoms with Gasteiger partial charge in [-0.1, -0.05) is 23.5 Å². The highest BCUT2D eigenvalue weighted by Crippen LogP contribution is 2.22. The summed E-state index contributed by atoms with van der Waals surface area (Å²) in [5.41, 5.74) is 1.79. The van der Waals surface area contributed by atoms with Gasteiger partial charge in [-0.25, -0.2) is 8.42 Å². The second kappa shape index (κ2) is 5.74. The van der Waals surface area contributed by atoms with Crippen molar-refractivity contribution < 1.29 is 8.42 Å². The van der Waals surface area contributed by atoms with Crippen molar-refractivity contribution in [1.29, 1.82) is 0 Å². The summed E-state index contributed by atoms with van der Waals surface area (Å²) < 4.78 is 27.0. The second-order valence-electron chi connectivity index (χ2n) is 4.44. The summed E-state index contributed by atoms with van der Waals surface area (Å²) in [4.78, 5) is 17.6. The standard InChI is InChI=1S/C14H11N3O3S2/c18-14-16-13(9-21-14)10-3-1-4-11(7-10)17-22(19,20)12-5-2-6-15-8-12/h1-9,17H,(H,16,18). The van der Waals surface area contributed by atoms with Crippen LogP contribution in [0.4, 0.5) is 5.69 Å². The van der Waals surface area contributed by atoms with Gasteiger partial charge in [-0.05, 0) is 24.3 Å². The van der Waals surface area contributed by atoms with Crippen molar-refractivity contribution in [3.8, 4) is 11.3 Å². The number of nitrogens with one attached hydrogen (secondary N) is 2. The van der Waals surface area contributed by atoms with Gasteiger partial charge in [0.2, 0.25) is 0 Å². The quantitative estimate of drug-likeness (QED) is 0.766. The van der Waals surface area contributed by atoms with Gasteiger partial charge in [0.1, 0.15) is 4.90 Å². The maximum Gasteiger partial charge on any atom is 0.304 e. The zero-order valence-corrected chi connectivity index (χ0v) is 12.8. The van der Waals surface area contributed by atoms with Gasteiger partial charge in [0.05, 0.1) is 5.69 Å². The first kappa shape index (κ1) is 14.5. The van der Waals surface area contributed by atoms with Crippen molar-refractivity contribution in [1.82, 2.24) is 9.97 Å². The average molecular weight is 333 g/mol. The first-order valence-electron chi connectivity index (χ1n) is 6.26. The molecular weight excluding hydrogens is 322 g/mol. The minimum Gasteiger partial charge on any atom is -0.312 e. The molecule has 3 aromatic rings. The molecule has 0 saturated heterocycles. The Morgan fingerprint density at radius 3 is 2.73 bits per heavy atom. The van der Waals surface area contributed by atoms with E-state index in [1.807, 2.05) is 0 Å². The molecule has 0 saturated carbocycles. The van der Waals surface area contributed by atoms with Gasteiger partial charge in [-0.2, -0.15) is 0 Å². The molecular formula is C14H11N3O3S2. The Kier molecular flexibility index (Phi) is 3.78. The number of pyridine rings is 1. The van der Waals surface area contributed by atoms with E-state index in [9.17, 15) is 13.2 Å². The number of aromatic amines is 1. The van der Waals surface area contributed by atoms with Crippen LogP contribution < -0.4 is 9.60 Å². The monoisotopic (exact) mass is 333 g/mol. The number of anilines is 1. The number of nitrogens with zero attached hydrogens (tertiary/aromatic N) is 1. The Morgan fingerprint density at radius 2 is 2.05 bits per heavy atom. The fourth-order valence-electron chi connectivity index (χ4n) is 1.89. The van der Waals surface area contributed by atoms with Gasteiger partial charge in [-0.15, -0.1) is 0 Å². The van der Waals surface area contributed by atoms with Crippen LogP contribution in [0.1, 0.15) is 0 Å². The van der Waals surface area contributed by atoms with Crippen molar-refractivity contribution in [2.75, 3.05) is 4.72 Å². The first-order chi connectivity index (χ1) is 10.5. The second-order valence-corrected chi connectivity index (χ2v) is 6.96. The number of rotatable bonds is 4. The molecule has 0 aliphatic carbocycles. The third kappa shape index (κ3) is 3.07. The van der Waals surface area contributed by atoms with Gasteiger partial charge in [0.15, 0.2) is 0 Å². The lowest BCUT2D eigenvalue weighted by molar-refractivity contribution is 0.601. The highest BCUT2D eigenvalue weighted by Gasteiger charge is 2.14. The smallest absolute Gasteiger partial charge is 0.304 e. The van der Waals surface area contributed by atoms with Crippen LogP contribution in [0.25, 0.3) is 11.3 Å². The molecule has 8 heteroatoms. The number of aromatic nitrogens is 2. The summed E-state index contributed by atoms with van der Waals surface area (Å²) >= 11 is 1.06. The predicted molar refractivity (Wildman–Crippen MR) is 85.4 cm³/mol. The van der Waals surface area contributed by atoms with Crippen molar-refractivity contribution in [3.63, 3.8) is 0 Å². The molecule has 2 heterocycles. The molecule has 3 rings (SSSR count). The lowest BCUT2D eigenvalue weighted by Gasteiger charge is -2.08. The van der Waals surface area contributed by atoms with Crippen LogP contribution in [0.5, 0.6) is 0 Å². The molecule has 1 aromatic carbocycles. The zero-order valence-electron chi connectivity index (χ0n) is 11.2. The topological polar surface area (TPSA) is 91.9 Å². The summed E-state index contributed by atoms with van der Waals surface area (Å²) in [6, 6.07) is 9.83. The van der Waals surface area contributed by atoms with Crippen molar-refractivity contribution in [2.45, 2.75) is 4.90 Å². The van der Waals surface area contributed by atoms with E-state index in [0.717, 1.165) is 16.9 Å². The Labute approximate surface area is 130 Å². The fraction of sp³-hybridized carbons (Fsp3) is 0. The largest absolute Gasteiger partial charge is 0.312 e. The van der Waals surface area contributed by atoms with Crippen LogP contribution in [0.15, 0.2) is 63.9 Å². The molecule has 0 atom stereocenters. The molecule has 22 heavy (non-hydrogen) atoms. The van der Waals surface area contributed by atoms with Crippen LogP contribution >= 0.6 is 11.3 Å². The van der Waals surface area contributed by atoms with Crippen LogP contribution in [-0.4, -0.2) is 18.4 Å². The molecule has 0 amide bonds. The van der Waals surface area contributed by atoms with Crippen LogP contribution in [-0.2, 0) is 10.0 Å². The predicted octanol–water partition coefficient (Wildman–Crippen LogP) is 2.30. The molecule has 0 bridgehead atoms. The number of thiazole rings is 1. The Bertz CT molecular complexity index is 946. The van der Waals surface area contributed by atoms with Gasteiger partial charge >= 0.3 is 4.87 Å². The van der Waals surface area contributed by atoms with E-state index in [1.165, 1.54) is 18.5 Å². The number of sulfonamides is 1. The van der Waals surface area contributed by atoms with Crippen molar-refractivity contribution in [2.24, 2.45) is 0 Å². The Balaban J connectivity index is 1.92. The summed E-state index contributed by atoms with van der Waals surface area (Å²) in [5.74, 6) is 0. The summed E-state index contributed by atoms with van der Waals surface area (Å²) in [6.45, 7) is 0. The van der Waals surface area contributed by atoms with Crippen molar-refractivity contribution >= 4 is 27.0 Å². The Hall–Kier alpha value is -2.45. The molecule has 6 nitrogen and oxygen atoms in total. The van der Waals surface area contributed by atoms with Gasteiger partial charge in [0.25, 0.3) is 10.0 Å². The van der Waals surface area contributed by atoms with E-state index in [0.29, 0.717) is 11.4 Å². The lowest BCUT2D eigenvalue weighted by atomic mass is 10.1. The van der Waals surface area contributed by atoms with Gasteiger partial charge < -0.3 is 4.98 Å². The molecule has 112 valence electrons. The molecule has 2 N–H and O–H groups in total. The number of benzene rings is 1. The van der Waals surface area contributed by atoms with Gasteiger partial charge in [-0.3, -0.25) is 14.5 Å². The van der Waals surface area contributed by atoms with Crippen LogP contribution in [0.3, 0.4) is 0 Å². The van der Waals surface area contributed by atoms with E-state index >= 15 is 0 Å². The highest BCUT2D eigenvalue weighted by atomic mass is 32.2. The van der Waals surface area contributed by atoms with E-state index in [1.54, 1.807) is 35.7 Å². The normalized spacial score (nSPS) is 11.3. The van der Waals surface area contributed by atoms with Gasteiger partial charge in [0, 0.05) is 29.0 Å². The maximum absolute atomic E-state index is 12.2. The first-order valence-corrected chi connectivity index (χ1v) is 8.62. The molecule has 2 aromatic heterocycles. The van der Waals surface area contributed by atoms with Crippen LogP contribution in [0.2, 0.25) is 0 Å². The molecule has 0 aliphatic rings. The average Bonchev–Trinajstić information content (AvgIpc) is 2.95. The maximum atomic E-state index is 12.2. The SMILES string of the molecule is O=c1[nH]c(-c2cccc(NS(=O)(=O)c3cccnc3)c2)cs1. The minimum atomic E-state index is -3.69. The molecule has 0 spiro atoms. The molecule has 0 radical (unpaired) electrons. The highest BCUT2D eigenvalue weighted by molar-refractivity contribution is 7.92. The number of H-pyrrole nitrogens is 1. The fourth-order valence-corrected chi connectivity index (χ4v) is 3.49. The van der Waals surface area contributed by atoms with E-state index < -0.39 is 10.0 Å². The third-order valence-electron chi connectivity index (χ3n) is 2.89. The van der Waals surface area contributed by atoms with E-state index in [2.05, 4.69) is 14.7 Å². The van der Waals surface area contributed by atoms with E-state index in [4.69, 9.17) is 0 Å². The number of hydrogen-bond acceptors (Lipinski definition) is 5. The summed E-state index contributed by atoms with van der Waals surface area (Å²) in [5, 5.41) is 1.69. The third-order valence-corrected chi connectivity index (χ3v) is 4.93. The summed E-state index contributed by atoms with van der Waals surface area (Å²) in [6.07, 6.45) is 2.79. The Morgan fingerprint density at radius 1 is 1.18 bits per heavy atom. The molecule has 0 fully saturated rings. The van der Waals surface area contributed by atoms with Crippen molar-refractivity contribution in [3.05, 3.63) is 63.8 Å². The van der Waals surface area contributed by atoms with E-state index in [-0.39, 0.29) is 9.77 Å². The molecule has 0 unspecified atom stereocenters. The summed E-state index contributed by atoms with van der Waals surface area (Å²) in [7, 11) is -3.69. The minimum absolute atomic E-state index is 0.0874. The lowest BCUT2D eigenvalue weighted by Crippen LogP contribution is -2.13.